The summed E-state index contributed by atoms with van der Waals surface area (Å²) < 4.78 is 4.87. The first-order valence-electron chi connectivity index (χ1n) is 20.5. The topological polar surface area (TPSA) is 382 Å². The van der Waals surface area contributed by atoms with Crippen molar-refractivity contribution in [3.63, 3.8) is 0 Å². The van der Waals surface area contributed by atoms with Crippen LogP contribution in [-0.2, 0) is 38.3 Å². The van der Waals surface area contributed by atoms with E-state index in [1.165, 1.54) is 0 Å². The first-order valence-corrected chi connectivity index (χ1v) is 21.1. The highest BCUT2D eigenvalue weighted by atomic mass is 32.1. The third kappa shape index (κ3) is 22.5. The number of unbranched alkanes of at least 4 members (excludes halogenated alkanes) is 1. The lowest BCUT2D eigenvalue weighted by Gasteiger charge is -2.29. The number of hydrogen-bond donors (Lipinski definition) is 13. The number of hydrogen-bond acceptors (Lipinski definition) is 13. The largest absolute Gasteiger partial charge is 0.465 e. The first kappa shape index (κ1) is 55.1. The average molecular weight is 873 g/mol. The minimum Gasteiger partial charge on any atom is -0.465 e. The van der Waals surface area contributed by atoms with Crippen LogP contribution in [0.3, 0.4) is 0 Å². The molecule has 0 spiro atoms. The molecule has 60 heavy (non-hydrogen) atoms. The molecular weight excluding hydrogens is 801 g/mol. The zero-order valence-electron chi connectivity index (χ0n) is 35.8. The van der Waals surface area contributed by atoms with Crippen LogP contribution in [0.25, 0.3) is 0 Å². The van der Waals surface area contributed by atoms with E-state index in [1.54, 1.807) is 13.8 Å². The Labute approximate surface area is 358 Å². The molecule has 0 radical (unpaired) electrons. The number of thiol groups is 1. The maximum Gasteiger partial charge on any atom is 0.325 e. The van der Waals surface area contributed by atoms with E-state index in [2.05, 4.69) is 54.5 Å². The molecule has 0 rings (SSSR count). The van der Waals surface area contributed by atoms with E-state index in [-0.39, 0.29) is 69.0 Å². The smallest absolute Gasteiger partial charge is 0.325 e. The molecule has 0 bridgehead atoms. The number of nitrogens with one attached hydrogen (secondary N) is 6. The minimum absolute atomic E-state index is 0.0179. The van der Waals surface area contributed by atoms with Crippen LogP contribution < -0.4 is 66.3 Å². The van der Waals surface area contributed by atoms with E-state index < -0.39 is 90.1 Å². The number of carbonyl (C=O) groups excluding carboxylic acids is 7. The molecule has 0 aliphatic heterocycles. The summed E-state index contributed by atoms with van der Waals surface area (Å²) in [6.07, 6.45) is 2.94. The van der Waals surface area contributed by atoms with Gasteiger partial charge in [-0.2, -0.15) is 12.6 Å². The number of esters is 1. The van der Waals surface area contributed by atoms with Crippen LogP contribution in [0.15, 0.2) is 9.98 Å². The second-order valence-electron chi connectivity index (χ2n) is 14.4. The number of rotatable bonds is 31. The molecule has 0 saturated carbocycles. The second kappa shape index (κ2) is 31.0. The second-order valence-corrected chi connectivity index (χ2v) is 14.8. The molecule has 8 atom stereocenters. The highest BCUT2D eigenvalue weighted by Crippen LogP contribution is 2.12. The van der Waals surface area contributed by atoms with Gasteiger partial charge >= 0.3 is 5.97 Å². The standard InChI is InChI=1S/C37H72N14O8S/c1-6-21(4)28(39)34(57)49-25(15-12-18-45-37(42)43)32(55)51-29(22(5)7-2)35(58)50-26(20-60)33(56)48-24(14-11-17-44-36(40)41)31(54)47-23(13-9-10-16-38)30(53)46-19-27(52)59-8-3/h21-26,28-29,60H,6-20,38-39H2,1-5H3,(H,46,53)(H,47,54)(H,48,56)(H,49,57)(H,50,58)(H,51,55)(H4,40,41,44)(H4,42,43,45)/t21?,22?,23-,24-,25-,26-,28-,29-/m0/s1. The fourth-order valence-electron chi connectivity index (χ4n) is 5.54. The Balaban J connectivity index is 6.31. The summed E-state index contributed by atoms with van der Waals surface area (Å²) in [5, 5.41) is 15.8. The Morgan fingerprint density at radius 2 is 1.05 bits per heavy atom. The molecule has 0 saturated heterocycles. The summed E-state index contributed by atoms with van der Waals surface area (Å²) in [7, 11) is 0. The number of carbonyl (C=O) groups is 7. The zero-order valence-corrected chi connectivity index (χ0v) is 36.7. The van der Waals surface area contributed by atoms with Crippen molar-refractivity contribution in [3.8, 4) is 0 Å². The Hall–Kier alpha value is -4.90. The van der Waals surface area contributed by atoms with Crippen LogP contribution in [0, 0.1) is 11.8 Å². The predicted molar refractivity (Wildman–Crippen MR) is 233 cm³/mol. The maximum absolute atomic E-state index is 13.9. The summed E-state index contributed by atoms with van der Waals surface area (Å²) in [6.45, 7) is 9.19. The van der Waals surface area contributed by atoms with Crippen molar-refractivity contribution in [1.29, 1.82) is 0 Å². The molecule has 18 N–H and O–H groups in total. The van der Waals surface area contributed by atoms with Gasteiger partial charge in [-0.05, 0) is 70.3 Å². The van der Waals surface area contributed by atoms with Crippen LogP contribution in [0.4, 0.5) is 0 Å². The van der Waals surface area contributed by atoms with E-state index >= 15 is 0 Å². The molecule has 0 heterocycles. The Bertz CT molecular complexity index is 1430. The lowest BCUT2D eigenvalue weighted by molar-refractivity contribution is -0.143. The van der Waals surface area contributed by atoms with Crippen molar-refractivity contribution in [3.05, 3.63) is 0 Å². The molecule has 23 heteroatoms. The SMILES string of the molecule is CCOC(=O)CNC(=O)[C@H](CCCCN)NC(=O)[C@H](CCCN=C(N)N)NC(=O)[C@H](CS)NC(=O)[C@@H](NC(=O)[C@H](CCCN=C(N)N)NC(=O)[C@@H](N)C(C)CC)C(C)CC. The van der Waals surface area contributed by atoms with Gasteiger partial charge in [0.15, 0.2) is 11.9 Å². The van der Waals surface area contributed by atoms with Gasteiger partial charge in [-0.25, -0.2) is 0 Å². The predicted octanol–water partition coefficient (Wildman–Crippen LogP) is -3.32. The van der Waals surface area contributed by atoms with Gasteiger partial charge in [-0.3, -0.25) is 43.5 Å². The first-order chi connectivity index (χ1) is 28.4. The molecule has 0 aliphatic carbocycles. The number of guanidine groups is 2. The molecule has 0 aromatic rings. The van der Waals surface area contributed by atoms with Crippen molar-refractivity contribution in [1.82, 2.24) is 31.9 Å². The van der Waals surface area contributed by atoms with Crippen molar-refractivity contribution in [2.75, 3.05) is 38.5 Å². The maximum atomic E-state index is 13.9. The zero-order chi connectivity index (χ0) is 45.8. The van der Waals surface area contributed by atoms with Crippen molar-refractivity contribution in [2.24, 2.45) is 56.2 Å². The van der Waals surface area contributed by atoms with Gasteiger partial charge in [0, 0.05) is 18.8 Å². The lowest BCUT2D eigenvalue weighted by Crippen LogP contribution is -2.61. The molecule has 344 valence electrons. The molecule has 2 unspecified atom stereocenters. The summed E-state index contributed by atoms with van der Waals surface area (Å²) in [5.41, 5.74) is 33.5. The van der Waals surface area contributed by atoms with Crippen LogP contribution in [0.1, 0.15) is 92.4 Å². The summed E-state index contributed by atoms with van der Waals surface area (Å²) >= 11 is 4.29. The molecule has 0 aromatic heterocycles. The Morgan fingerprint density at radius 3 is 1.52 bits per heavy atom. The van der Waals surface area contributed by atoms with Crippen molar-refractivity contribution < 1.29 is 38.3 Å². The van der Waals surface area contributed by atoms with Crippen molar-refractivity contribution in [2.45, 2.75) is 129 Å². The Morgan fingerprint density at radius 1 is 0.600 bits per heavy atom. The number of amides is 6. The molecule has 0 aromatic carbocycles. The van der Waals surface area contributed by atoms with E-state index in [9.17, 15) is 33.6 Å². The average Bonchev–Trinajstić information content (AvgIpc) is 3.21. The number of ether oxygens (including phenoxy) is 1. The molecule has 22 nitrogen and oxygen atoms in total. The van der Waals surface area contributed by atoms with Gasteiger partial charge in [-0.15, -0.1) is 0 Å². The molecule has 6 amide bonds. The molecule has 0 fully saturated rings. The summed E-state index contributed by atoms with van der Waals surface area (Å²) in [4.78, 5) is 101. The van der Waals surface area contributed by atoms with Crippen LogP contribution in [-0.4, -0.2) is 128 Å². The normalized spacial score (nSPS) is 14.9. The van der Waals surface area contributed by atoms with E-state index in [1.807, 2.05) is 20.8 Å². The number of nitrogens with zero attached hydrogens (tertiary/aromatic N) is 2. The van der Waals surface area contributed by atoms with Gasteiger partial charge < -0.3 is 71.0 Å². The minimum atomic E-state index is -1.30. The third-order valence-corrected chi connectivity index (χ3v) is 9.98. The van der Waals surface area contributed by atoms with Gasteiger partial charge in [0.2, 0.25) is 35.4 Å². The summed E-state index contributed by atoms with van der Waals surface area (Å²) in [5.74, 6) is -5.89. The molecular formula is C37H72N14O8S. The fourth-order valence-corrected chi connectivity index (χ4v) is 5.79. The van der Waals surface area contributed by atoms with Gasteiger partial charge in [0.05, 0.1) is 12.6 Å². The molecule has 0 aliphatic rings. The number of aliphatic imine (C=N–C) groups is 2. The van der Waals surface area contributed by atoms with E-state index in [4.69, 9.17) is 39.1 Å². The van der Waals surface area contributed by atoms with E-state index in [0.717, 1.165) is 0 Å². The third-order valence-electron chi connectivity index (χ3n) is 9.62. The number of nitrogens with two attached hydrogens (primary N) is 6. The monoisotopic (exact) mass is 873 g/mol. The van der Waals surface area contributed by atoms with Gasteiger partial charge in [0.25, 0.3) is 0 Å². The Kier molecular flexibility index (Phi) is 28.5. The quantitative estimate of drug-likeness (QED) is 0.0107. The van der Waals surface area contributed by atoms with Crippen molar-refractivity contribution >= 4 is 66.0 Å². The van der Waals surface area contributed by atoms with Crippen LogP contribution in [0.5, 0.6) is 0 Å². The van der Waals surface area contributed by atoms with Crippen LogP contribution >= 0.6 is 12.6 Å². The highest BCUT2D eigenvalue weighted by molar-refractivity contribution is 7.80. The van der Waals surface area contributed by atoms with E-state index in [0.29, 0.717) is 38.6 Å². The highest BCUT2D eigenvalue weighted by Gasteiger charge is 2.34. The summed E-state index contributed by atoms with van der Waals surface area (Å²) in [6, 6.07) is -6.79. The fraction of sp³-hybridized carbons (Fsp3) is 0.757. The lowest BCUT2D eigenvalue weighted by atomic mass is 9.96. The van der Waals surface area contributed by atoms with Crippen LogP contribution in [0.2, 0.25) is 0 Å². The van der Waals surface area contributed by atoms with Gasteiger partial charge in [0.1, 0.15) is 36.8 Å². The van der Waals surface area contributed by atoms with Gasteiger partial charge in [-0.1, -0.05) is 40.5 Å².